The normalized spacial score (nSPS) is 19.1. The van der Waals surface area contributed by atoms with Gasteiger partial charge in [-0.25, -0.2) is 0 Å². The average molecular weight is 279 g/mol. The van der Waals surface area contributed by atoms with Crippen molar-refractivity contribution < 1.29 is 10.0 Å². The highest BCUT2D eigenvalue weighted by Crippen LogP contribution is 2.36. The predicted octanol–water partition coefficient (Wildman–Crippen LogP) is 1.34. The Morgan fingerprint density at radius 3 is 2.84 bits per heavy atom. The summed E-state index contributed by atoms with van der Waals surface area (Å²) in [7, 11) is 0. The number of nitrogens with one attached hydrogen (secondary N) is 1. The third-order valence-corrected chi connectivity index (χ3v) is 4.44. The maximum absolute atomic E-state index is 12.2. The van der Waals surface area contributed by atoms with Crippen LogP contribution in [-0.2, 0) is 11.2 Å². The number of oxime groups is 1. The number of thioether (sulfide) groups is 1. The van der Waals surface area contributed by atoms with E-state index in [4.69, 9.17) is 10.9 Å². The first-order valence-corrected chi connectivity index (χ1v) is 6.86. The molecule has 0 bridgehead atoms. The van der Waals surface area contributed by atoms with Crippen molar-refractivity contribution in [3.63, 3.8) is 0 Å². The summed E-state index contributed by atoms with van der Waals surface area (Å²) in [6.07, 6.45) is 0.707. The Labute approximate surface area is 116 Å². The number of nitrogens with zero attached hydrogens (tertiary/aromatic N) is 1. The second-order valence-corrected chi connectivity index (χ2v) is 6.26. The summed E-state index contributed by atoms with van der Waals surface area (Å²) >= 11 is 1.55. The van der Waals surface area contributed by atoms with Crippen LogP contribution >= 0.6 is 11.8 Å². The Hall–Kier alpha value is -1.69. The zero-order chi connectivity index (χ0) is 14.0. The molecule has 2 rings (SSSR count). The zero-order valence-corrected chi connectivity index (χ0v) is 11.7. The van der Waals surface area contributed by atoms with E-state index >= 15 is 0 Å². The SMILES string of the molecule is CC(C)(NC(=O)C1Cc2ccccc2S1)C(N)=NO. The molecule has 0 spiro atoms. The second-order valence-electron chi connectivity index (χ2n) is 5.02. The lowest BCUT2D eigenvalue weighted by molar-refractivity contribution is -0.121. The van der Waals surface area contributed by atoms with Gasteiger partial charge in [-0.15, -0.1) is 11.8 Å². The van der Waals surface area contributed by atoms with Crippen LogP contribution in [0.1, 0.15) is 19.4 Å². The van der Waals surface area contributed by atoms with Gasteiger partial charge in [0.15, 0.2) is 5.84 Å². The number of fused-ring (bicyclic) bond motifs is 1. The molecule has 1 atom stereocenters. The topological polar surface area (TPSA) is 87.7 Å². The van der Waals surface area contributed by atoms with Crippen molar-refractivity contribution in [1.82, 2.24) is 5.32 Å². The molecule has 0 radical (unpaired) electrons. The van der Waals surface area contributed by atoms with Crippen LogP contribution in [0.4, 0.5) is 0 Å². The largest absolute Gasteiger partial charge is 0.409 e. The fourth-order valence-electron chi connectivity index (χ4n) is 1.91. The van der Waals surface area contributed by atoms with E-state index in [1.54, 1.807) is 25.6 Å². The molecule has 0 fully saturated rings. The lowest BCUT2D eigenvalue weighted by atomic mass is 10.0. The highest BCUT2D eigenvalue weighted by molar-refractivity contribution is 8.01. The van der Waals surface area contributed by atoms with Gasteiger partial charge in [0.05, 0.1) is 10.8 Å². The van der Waals surface area contributed by atoms with Crippen LogP contribution in [-0.4, -0.2) is 27.7 Å². The van der Waals surface area contributed by atoms with E-state index < -0.39 is 5.54 Å². The Morgan fingerprint density at radius 1 is 1.53 bits per heavy atom. The van der Waals surface area contributed by atoms with Gasteiger partial charge in [0.2, 0.25) is 5.91 Å². The van der Waals surface area contributed by atoms with Crippen LogP contribution in [0, 0.1) is 0 Å². The Kier molecular flexibility index (Phi) is 3.71. The average Bonchev–Trinajstić information content (AvgIpc) is 2.81. The Bertz CT molecular complexity index is 503. The molecule has 0 saturated heterocycles. The van der Waals surface area contributed by atoms with Gasteiger partial charge in [-0.3, -0.25) is 4.79 Å². The summed E-state index contributed by atoms with van der Waals surface area (Å²) in [5, 5.41) is 14.3. The molecule has 1 aromatic carbocycles. The van der Waals surface area contributed by atoms with Gasteiger partial charge in [-0.1, -0.05) is 23.4 Å². The first kappa shape index (κ1) is 13.7. The van der Waals surface area contributed by atoms with E-state index in [1.165, 1.54) is 5.56 Å². The first-order chi connectivity index (χ1) is 8.94. The molecule has 6 heteroatoms. The monoisotopic (exact) mass is 279 g/mol. The summed E-state index contributed by atoms with van der Waals surface area (Å²) in [6.45, 7) is 3.40. The highest BCUT2D eigenvalue weighted by atomic mass is 32.2. The lowest BCUT2D eigenvalue weighted by Gasteiger charge is -2.26. The molecular formula is C13H17N3O2S. The molecule has 1 unspecified atom stereocenters. The molecular weight excluding hydrogens is 262 g/mol. The fourth-order valence-corrected chi connectivity index (χ4v) is 3.10. The van der Waals surface area contributed by atoms with Gasteiger partial charge in [0.1, 0.15) is 0 Å². The fraction of sp³-hybridized carbons (Fsp3) is 0.385. The van der Waals surface area contributed by atoms with Gasteiger partial charge < -0.3 is 16.3 Å². The number of hydrogen-bond acceptors (Lipinski definition) is 4. The molecule has 1 aliphatic heterocycles. The molecule has 5 nitrogen and oxygen atoms in total. The minimum Gasteiger partial charge on any atom is -0.409 e. The van der Waals surface area contributed by atoms with Crippen molar-refractivity contribution >= 4 is 23.5 Å². The number of benzene rings is 1. The molecule has 102 valence electrons. The van der Waals surface area contributed by atoms with E-state index in [9.17, 15) is 4.79 Å². The van der Waals surface area contributed by atoms with Crippen molar-refractivity contribution in [2.75, 3.05) is 0 Å². The van der Waals surface area contributed by atoms with Crippen LogP contribution in [0.15, 0.2) is 34.3 Å². The molecule has 0 saturated carbocycles. The van der Waals surface area contributed by atoms with Crippen LogP contribution < -0.4 is 11.1 Å². The van der Waals surface area contributed by atoms with Crippen LogP contribution in [0.3, 0.4) is 0 Å². The van der Waals surface area contributed by atoms with E-state index in [1.807, 2.05) is 24.3 Å². The van der Waals surface area contributed by atoms with Gasteiger partial charge in [0.25, 0.3) is 0 Å². The van der Waals surface area contributed by atoms with E-state index in [0.29, 0.717) is 6.42 Å². The molecule has 0 aliphatic carbocycles. The Morgan fingerprint density at radius 2 is 2.21 bits per heavy atom. The molecule has 0 aromatic heterocycles. The number of carbonyl (C=O) groups excluding carboxylic acids is 1. The van der Waals surface area contributed by atoms with Crippen molar-refractivity contribution in [3.05, 3.63) is 29.8 Å². The summed E-state index contributed by atoms with van der Waals surface area (Å²) < 4.78 is 0. The third-order valence-electron chi connectivity index (χ3n) is 3.12. The Balaban J connectivity index is 2.04. The van der Waals surface area contributed by atoms with Crippen LogP contribution in [0.2, 0.25) is 0 Å². The number of amidine groups is 1. The maximum Gasteiger partial charge on any atom is 0.234 e. The van der Waals surface area contributed by atoms with E-state index in [2.05, 4.69) is 10.5 Å². The maximum atomic E-state index is 12.2. The van der Waals surface area contributed by atoms with Crippen molar-refractivity contribution in [2.45, 2.75) is 36.0 Å². The molecule has 1 aliphatic rings. The number of amides is 1. The van der Waals surface area contributed by atoms with Crippen LogP contribution in [0.25, 0.3) is 0 Å². The van der Waals surface area contributed by atoms with Gasteiger partial charge in [-0.2, -0.15) is 0 Å². The minimum atomic E-state index is -0.860. The van der Waals surface area contributed by atoms with Crippen molar-refractivity contribution in [1.29, 1.82) is 0 Å². The molecule has 1 heterocycles. The van der Waals surface area contributed by atoms with Crippen LogP contribution in [0.5, 0.6) is 0 Å². The summed E-state index contributed by atoms with van der Waals surface area (Å²) in [4.78, 5) is 13.4. The highest BCUT2D eigenvalue weighted by Gasteiger charge is 2.33. The zero-order valence-electron chi connectivity index (χ0n) is 10.9. The quantitative estimate of drug-likeness (QED) is 0.337. The van der Waals surface area contributed by atoms with Crippen molar-refractivity contribution in [2.24, 2.45) is 10.9 Å². The third kappa shape index (κ3) is 2.84. The summed E-state index contributed by atoms with van der Waals surface area (Å²) in [5.41, 5.74) is 5.89. The standard InChI is InChI=1S/C13H17N3O2S/c1-13(2,12(14)16-18)15-11(17)10-7-8-5-3-4-6-9(8)19-10/h3-6,10,18H,7H2,1-2H3,(H2,14,16)(H,15,17). The second kappa shape index (κ2) is 5.13. The minimum absolute atomic E-state index is 0.0126. The van der Waals surface area contributed by atoms with Crippen molar-refractivity contribution in [3.8, 4) is 0 Å². The smallest absolute Gasteiger partial charge is 0.234 e. The number of hydrogen-bond donors (Lipinski definition) is 3. The molecule has 1 aromatic rings. The molecule has 4 N–H and O–H groups in total. The number of carbonyl (C=O) groups is 1. The number of nitrogens with two attached hydrogens (primary N) is 1. The van der Waals surface area contributed by atoms with E-state index in [-0.39, 0.29) is 17.0 Å². The van der Waals surface area contributed by atoms with Gasteiger partial charge in [-0.05, 0) is 31.9 Å². The molecule has 19 heavy (non-hydrogen) atoms. The summed E-state index contributed by atoms with van der Waals surface area (Å²) in [6, 6.07) is 7.98. The molecule has 1 amide bonds. The van der Waals surface area contributed by atoms with Gasteiger partial charge >= 0.3 is 0 Å². The predicted molar refractivity (Wildman–Crippen MR) is 75.4 cm³/mol. The lowest BCUT2D eigenvalue weighted by Crippen LogP contribution is -2.55. The summed E-state index contributed by atoms with van der Waals surface area (Å²) in [5.74, 6) is -0.112. The number of rotatable bonds is 3. The van der Waals surface area contributed by atoms with Gasteiger partial charge in [0, 0.05) is 4.90 Å². The first-order valence-electron chi connectivity index (χ1n) is 5.98. The van der Waals surface area contributed by atoms with E-state index in [0.717, 1.165) is 4.90 Å².